The molecule has 76 valence electrons. The molecule has 0 amide bonds. The van der Waals surface area contributed by atoms with Crippen LogP contribution in [0.1, 0.15) is 32.0 Å². The van der Waals surface area contributed by atoms with Crippen molar-refractivity contribution in [2.75, 3.05) is 0 Å². The van der Waals surface area contributed by atoms with E-state index in [1.54, 1.807) is 6.20 Å². The van der Waals surface area contributed by atoms with Crippen LogP contribution >= 0.6 is 0 Å². The van der Waals surface area contributed by atoms with Gasteiger partial charge in [0, 0.05) is 24.4 Å². The summed E-state index contributed by atoms with van der Waals surface area (Å²) in [4.78, 5) is 15.0. The topological polar surface area (TPSA) is 55.1 Å². The van der Waals surface area contributed by atoms with Crippen LogP contribution in [0.15, 0.2) is 12.4 Å². The van der Waals surface area contributed by atoms with Gasteiger partial charge in [-0.1, -0.05) is 0 Å². The van der Waals surface area contributed by atoms with Crippen LogP contribution in [-0.4, -0.2) is 20.6 Å². The zero-order chi connectivity index (χ0) is 10.2. The normalized spacial score (nSPS) is 18.1. The summed E-state index contributed by atoms with van der Waals surface area (Å²) in [6, 6.07) is 0. The number of rotatable bonds is 4. The number of hydrogen-bond acceptors (Lipinski definition) is 2. The largest absolute Gasteiger partial charge is 0.481 e. The van der Waals surface area contributed by atoms with Crippen molar-refractivity contribution >= 4 is 5.97 Å². The third-order valence-electron chi connectivity index (χ3n) is 2.87. The molecule has 1 aliphatic carbocycles. The zero-order valence-corrected chi connectivity index (χ0v) is 8.23. The molecule has 0 atom stereocenters. The lowest BCUT2D eigenvalue weighted by atomic mass is 10.0. The van der Waals surface area contributed by atoms with E-state index in [0.29, 0.717) is 0 Å². The maximum atomic E-state index is 10.7. The smallest absolute Gasteiger partial charge is 0.304 e. The van der Waals surface area contributed by atoms with Gasteiger partial charge in [-0.3, -0.25) is 4.79 Å². The Morgan fingerprint density at radius 1 is 1.71 bits per heavy atom. The van der Waals surface area contributed by atoms with E-state index in [0.717, 1.165) is 25.2 Å². The first-order chi connectivity index (χ1) is 6.68. The molecule has 0 aliphatic heterocycles. The van der Waals surface area contributed by atoms with Crippen LogP contribution in [0.4, 0.5) is 0 Å². The molecule has 1 aromatic heterocycles. The van der Waals surface area contributed by atoms with Gasteiger partial charge < -0.3 is 9.67 Å². The van der Waals surface area contributed by atoms with E-state index >= 15 is 0 Å². The van der Waals surface area contributed by atoms with Crippen LogP contribution in [0.2, 0.25) is 0 Å². The van der Waals surface area contributed by atoms with Crippen LogP contribution in [0, 0.1) is 0 Å². The number of aryl methyl sites for hydroxylation is 1. The Morgan fingerprint density at radius 2 is 2.43 bits per heavy atom. The fourth-order valence-corrected chi connectivity index (χ4v) is 1.95. The fraction of sp³-hybridized carbons (Fsp3) is 0.600. The molecule has 0 spiro atoms. The van der Waals surface area contributed by atoms with Gasteiger partial charge in [0.15, 0.2) is 0 Å². The van der Waals surface area contributed by atoms with Crippen molar-refractivity contribution in [3.8, 4) is 0 Å². The van der Waals surface area contributed by atoms with Crippen molar-refractivity contribution in [3.05, 3.63) is 18.2 Å². The second-order valence-electron chi connectivity index (χ2n) is 3.89. The number of carboxylic acids is 1. The van der Waals surface area contributed by atoms with Crippen LogP contribution in [-0.2, 0) is 16.8 Å². The second-order valence-corrected chi connectivity index (χ2v) is 3.89. The first-order valence-corrected chi connectivity index (χ1v) is 4.91. The number of carboxylic acid groups (broad SMARTS) is 1. The minimum Gasteiger partial charge on any atom is -0.481 e. The molecular weight excluding hydrogens is 180 g/mol. The maximum absolute atomic E-state index is 10.7. The number of aromatic nitrogens is 2. The second kappa shape index (κ2) is 3.12. The van der Waals surface area contributed by atoms with E-state index in [1.165, 1.54) is 0 Å². The summed E-state index contributed by atoms with van der Waals surface area (Å²) in [5.74, 6) is 0.218. The molecule has 1 N–H and O–H groups in total. The molecule has 1 aromatic rings. The predicted octanol–water partition coefficient (Wildman–Crippen LogP) is 1.41. The Balaban J connectivity index is 2.25. The summed E-state index contributed by atoms with van der Waals surface area (Å²) in [6.45, 7) is 2.90. The number of hydrogen-bond donors (Lipinski definition) is 1. The molecule has 4 heteroatoms. The molecule has 4 nitrogen and oxygen atoms in total. The van der Waals surface area contributed by atoms with E-state index < -0.39 is 5.97 Å². The Bertz CT molecular complexity index is 353. The lowest BCUT2D eigenvalue weighted by Crippen LogP contribution is -2.18. The molecular formula is C10H14N2O2. The average Bonchev–Trinajstić information content (AvgIpc) is 2.75. The molecule has 0 radical (unpaired) electrons. The van der Waals surface area contributed by atoms with Crippen LogP contribution in [0.5, 0.6) is 0 Å². The molecule has 0 aromatic carbocycles. The highest BCUT2D eigenvalue weighted by molar-refractivity contribution is 5.69. The van der Waals surface area contributed by atoms with Crippen LogP contribution in [0.3, 0.4) is 0 Å². The molecule has 1 heterocycles. The first-order valence-electron chi connectivity index (χ1n) is 4.91. The van der Waals surface area contributed by atoms with Crippen molar-refractivity contribution < 1.29 is 9.90 Å². The summed E-state index contributed by atoms with van der Waals surface area (Å²) in [6.07, 6.45) is 5.79. The standard InChI is InChI=1S/C10H14N2O2/c1-2-12-6-5-11-9(12)10(3-4-10)7-8(13)14/h5-6H,2-4,7H2,1H3,(H,13,14). The molecule has 1 aliphatic rings. The highest BCUT2D eigenvalue weighted by atomic mass is 16.4. The van der Waals surface area contributed by atoms with Gasteiger partial charge in [-0.05, 0) is 19.8 Å². The fourth-order valence-electron chi connectivity index (χ4n) is 1.95. The van der Waals surface area contributed by atoms with Gasteiger partial charge in [0.2, 0.25) is 0 Å². The van der Waals surface area contributed by atoms with Crippen LogP contribution < -0.4 is 0 Å². The lowest BCUT2D eigenvalue weighted by Gasteiger charge is -2.13. The van der Waals surface area contributed by atoms with E-state index in [4.69, 9.17) is 5.11 Å². The number of aliphatic carboxylic acids is 1. The maximum Gasteiger partial charge on any atom is 0.304 e. The lowest BCUT2D eigenvalue weighted by molar-refractivity contribution is -0.137. The van der Waals surface area contributed by atoms with Gasteiger partial charge in [0.1, 0.15) is 5.82 Å². The summed E-state index contributed by atoms with van der Waals surface area (Å²) in [7, 11) is 0. The Labute approximate surface area is 82.6 Å². The van der Waals surface area contributed by atoms with Gasteiger partial charge in [-0.25, -0.2) is 4.98 Å². The summed E-state index contributed by atoms with van der Waals surface area (Å²) in [5.41, 5.74) is -0.161. The molecule has 14 heavy (non-hydrogen) atoms. The van der Waals surface area contributed by atoms with Gasteiger partial charge in [0.25, 0.3) is 0 Å². The van der Waals surface area contributed by atoms with E-state index in [2.05, 4.69) is 4.98 Å². The Kier molecular flexibility index (Phi) is 2.06. The highest BCUT2D eigenvalue weighted by Crippen LogP contribution is 2.50. The van der Waals surface area contributed by atoms with E-state index in [-0.39, 0.29) is 11.8 Å². The van der Waals surface area contributed by atoms with Crippen molar-refractivity contribution in [3.63, 3.8) is 0 Å². The van der Waals surface area contributed by atoms with Crippen molar-refractivity contribution in [1.82, 2.24) is 9.55 Å². The monoisotopic (exact) mass is 194 g/mol. The van der Waals surface area contributed by atoms with Crippen molar-refractivity contribution in [1.29, 1.82) is 0 Å². The minimum absolute atomic E-state index is 0.161. The zero-order valence-electron chi connectivity index (χ0n) is 8.23. The SMILES string of the molecule is CCn1ccnc1C1(CC(=O)O)CC1. The quantitative estimate of drug-likeness (QED) is 0.788. The molecule has 1 fully saturated rings. The third kappa shape index (κ3) is 1.41. The number of carbonyl (C=O) groups is 1. The van der Waals surface area contributed by atoms with Crippen molar-refractivity contribution in [2.24, 2.45) is 0 Å². The molecule has 0 bridgehead atoms. The van der Waals surface area contributed by atoms with Gasteiger partial charge >= 0.3 is 5.97 Å². The molecule has 0 unspecified atom stereocenters. The first kappa shape index (κ1) is 9.24. The summed E-state index contributed by atoms with van der Waals surface area (Å²) in [5, 5.41) is 8.81. The van der Waals surface area contributed by atoms with Gasteiger partial charge in [0.05, 0.1) is 6.42 Å². The predicted molar refractivity (Wildman–Crippen MR) is 51.1 cm³/mol. The summed E-state index contributed by atoms with van der Waals surface area (Å²) >= 11 is 0. The van der Waals surface area contributed by atoms with E-state index in [9.17, 15) is 4.79 Å². The minimum atomic E-state index is -0.729. The summed E-state index contributed by atoms with van der Waals surface area (Å²) < 4.78 is 2.04. The van der Waals surface area contributed by atoms with E-state index in [1.807, 2.05) is 17.7 Å². The number of nitrogens with zero attached hydrogens (tertiary/aromatic N) is 2. The number of imidazole rings is 1. The molecule has 0 saturated heterocycles. The Morgan fingerprint density at radius 3 is 2.93 bits per heavy atom. The average molecular weight is 194 g/mol. The van der Waals surface area contributed by atoms with Crippen molar-refractivity contribution in [2.45, 2.75) is 38.1 Å². The highest BCUT2D eigenvalue weighted by Gasteiger charge is 2.49. The molecule has 1 saturated carbocycles. The van der Waals surface area contributed by atoms with Crippen LogP contribution in [0.25, 0.3) is 0 Å². The Hall–Kier alpha value is -1.32. The van der Waals surface area contributed by atoms with Gasteiger partial charge in [-0.15, -0.1) is 0 Å². The van der Waals surface area contributed by atoms with Gasteiger partial charge in [-0.2, -0.15) is 0 Å². The molecule has 2 rings (SSSR count). The third-order valence-corrected chi connectivity index (χ3v) is 2.87.